The molecule has 2 aromatic heterocycles. The van der Waals surface area contributed by atoms with Crippen LogP contribution in [0.1, 0.15) is 0 Å². The summed E-state index contributed by atoms with van der Waals surface area (Å²) in [4.78, 5) is 23.6. The molecular weight excluding hydrogens is 391 g/mol. The number of anilines is 2. The topological polar surface area (TPSA) is 98.8 Å². The molecule has 1 N–H and O–H groups in total. The van der Waals surface area contributed by atoms with Crippen molar-refractivity contribution in [1.82, 2.24) is 19.5 Å². The van der Waals surface area contributed by atoms with Gasteiger partial charge in [0.1, 0.15) is 12.7 Å². The molecular formula is C17H10Cl2N6O2. The minimum atomic E-state index is -0.551. The molecule has 0 fully saturated rings. The summed E-state index contributed by atoms with van der Waals surface area (Å²) in [5.41, 5.74) is 1.47. The average molecular weight is 401 g/mol. The number of fused-ring (bicyclic) bond motifs is 1. The van der Waals surface area contributed by atoms with Gasteiger partial charge in [0.25, 0.3) is 0 Å². The van der Waals surface area contributed by atoms with E-state index in [1.165, 1.54) is 12.7 Å². The largest absolute Gasteiger partial charge is 0.354 e. The summed E-state index contributed by atoms with van der Waals surface area (Å²) in [6.07, 6.45) is 2.72. The molecule has 0 spiro atoms. The van der Waals surface area contributed by atoms with E-state index in [4.69, 9.17) is 23.2 Å². The monoisotopic (exact) mass is 400 g/mol. The van der Waals surface area contributed by atoms with Crippen LogP contribution in [0.25, 0.3) is 16.9 Å². The summed E-state index contributed by atoms with van der Waals surface area (Å²) >= 11 is 12.1. The Hall–Kier alpha value is -3.23. The summed E-state index contributed by atoms with van der Waals surface area (Å²) in [6, 6.07) is 12.0. The number of nitrogens with zero attached hydrogens (tertiary/aromatic N) is 5. The molecule has 10 heteroatoms. The Balaban J connectivity index is 1.88. The fourth-order valence-electron chi connectivity index (χ4n) is 2.65. The number of halogens is 2. The Morgan fingerprint density at radius 1 is 1.07 bits per heavy atom. The highest BCUT2D eigenvalue weighted by molar-refractivity contribution is 6.35. The first-order valence-corrected chi connectivity index (χ1v) is 8.44. The van der Waals surface area contributed by atoms with Crippen molar-refractivity contribution >= 4 is 51.4 Å². The van der Waals surface area contributed by atoms with E-state index in [1.54, 1.807) is 28.8 Å². The molecule has 134 valence electrons. The van der Waals surface area contributed by atoms with Gasteiger partial charge in [-0.2, -0.15) is 0 Å². The maximum absolute atomic E-state index is 11.8. The summed E-state index contributed by atoms with van der Waals surface area (Å²) in [6.45, 7) is 0. The third kappa shape index (κ3) is 3.16. The molecule has 27 heavy (non-hydrogen) atoms. The van der Waals surface area contributed by atoms with Crippen molar-refractivity contribution in [2.45, 2.75) is 0 Å². The quantitative estimate of drug-likeness (QED) is 0.391. The minimum Gasteiger partial charge on any atom is -0.333 e. The van der Waals surface area contributed by atoms with E-state index < -0.39 is 4.92 Å². The van der Waals surface area contributed by atoms with Gasteiger partial charge in [-0.1, -0.05) is 35.3 Å². The lowest BCUT2D eigenvalue weighted by molar-refractivity contribution is -0.384. The summed E-state index contributed by atoms with van der Waals surface area (Å²) in [5, 5.41) is 15.5. The van der Waals surface area contributed by atoms with Gasteiger partial charge in [0.15, 0.2) is 0 Å². The van der Waals surface area contributed by atoms with Gasteiger partial charge < -0.3 is 5.32 Å². The first kappa shape index (κ1) is 17.2. The van der Waals surface area contributed by atoms with Crippen LogP contribution in [0.4, 0.5) is 17.2 Å². The van der Waals surface area contributed by atoms with Crippen molar-refractivity contribution in [2.24, 2.45) is 0 Å². The molecule has 2 heterocycles. The van der Waals surface area contributed by atoms with Crippen molar-refractivity contribution in [3.63, 3.8) is 0 Å². The van der Waals surface area contributed by atoms with E-state index in [1.807, 2.05) is 18.2 Å². The Bertz CT molecular complexity index is 1180. The van der Waals surface area contributed by atoms with Crippen LogP contribution < -0.4 is 5.32 Å². The molecule has 0 radical (unpaired) electrons. The maximum Gasteiger partial charge on any atom is 0.354 e. The molecule has 0 unspecified atom stereocenters. The zero-order valence-electron chi connectivity index (χ0n) is 13.5. The van der Waals surface area contributed by atoms with E-state index in [0.29, 0.717) is 26.8 Å². The second kappa shape index (κ2) is 6.82. The highest BCUT2D eigenvalue weighted by Gasteiger charge is 2.26. The number of nitro groups is 1. The van der Waals surface area contributed by atoms with Crippen LogP contribution >= 0.6 is 23.2 Å². The van der Waals surface area contributed by atoms with Gasteiger partial charge in [-0.25, -0.2) is 15.0 Å². The number of para-hydroxylation sites is 2. The number of hydrogen-bond acceptors (Lipinski definition) is 6. The van der Waals surface area contributed by atoms with Gasteiger partial charge in [-0.05, 0) is 30.3 Å². The smallest absolute Gasteiger partial charge is 0.333 e. The molecule has 8 nitrogen and oxygen atoms in total. The third-order valence-electron chi connectivity index (χ3n) is 3.85. The Morgan fingerprint density at radius 2 is 1.89 bits per heavy atom. The minimum absolute atomic E-state index is 0.00746. The van der Waals surface area contributed by atoms with Gasteiger partial charge in [0.2, 0.25) is 11.6 Å². The SMILES string of the molecule is O=[N+]([O-])c1c(Nc2cc(Cl)ccc2Cl)ncnc1-n1cnc2ccccc21. The Kier molecular flexibility index (Phi) is 4.35. The highest BCUT2D eigenvalue weighted by Crippen LogP contribution is 2.34. The number of rotatable bonds is 4. The lowest BCUT2D eigenvalue weighted by Crippen LogP contribution is -2.07. The summed E-state index contributed by atoms with van der Waals surface area (Å²) in [5.74, 6) is 0.0799. The van der Waals surface area contributed by atoms with Crippen LogP contribution in [0.5, 0.6) is 0 Å². The first-order valence-electron chi connectivity index (χ1n) is 7.68. The van der Waals surface area contributed by atoms with Gasteiger partial charge >= 0.3 is 5.69 Å². The molecule has 0 bridgehead atoms. The van der Waals surface area contributed by atoms with E-state index in [-0.39, 0.29) is 17.3 Å². The highest BCUT2D eigenvalue weighted by atomic mass is 35.5. The summed E-state index contributed by atoms with van der Waals surface area (Å²) in [7, 11) is 0. The van der Waals surface area contributed by atoms with Gasteiger partial charge in [0, 0.05) is 5.02 Å². The van der Waals surface area contributed by atoms with Crippen molar-refractivity contribution < 1.29 is 4.92 Å². The maximum atomic E-state index is 11.8. The second-order valence-electron chi connectivity index (χ2n) is 5.50. The van der Waals surface area contributed by atoms with Gasteiger partial charge in [-0.3, -0.25) is 14.7 Å². The van der Waals surface area contributed by atoms with Gasteiger partial charge in [0.05, 0.1) is 26.7 Å². The molecule has 0 aliphatic carbocycles. The van der Waals surface area contributed by atoms with Crippen LogP contribution in [-0.4, -0.2) is 24.4 Å². The van der Waals surface area contributed by atoms with Crippen molar-refractivity contribution in [3.05, 3.63) is 75.3 Å². The lowest BCUT2D eigenvalue weighted by Gasteiger charge is -2.11. The average Bonchev–Trinajstić information content (AvgIpc) is 3.08. The molecule has 4 aromatic rings. The number of hydrogen-bond donors (Lipinski definition) is 1. The zero-order valence-corrected chi connectivity index (χ0v) is 15.0. The summed E-state index contributed by atoms with van der Waals surface area (Å²) < 4.78 is 1.54. The predicted molar refractivity (Wildman–Crippen MR) is 103 cm³/mol. The fraction of sp³-hybridized carbons (Fsp3) is 0. The van der Waals surface area contributed by atoms with Crippen molar-refractivity contribution in [2.75, 3.05) is 5.32 Å². The van der Waals surface area contributed by atoms with Crippen LogP contribution in [0.2, 0.25) is 10.0 Å². The van der Waals surface area contributed by atoms with Gasteiger partial charge in [-0.15, -0.1) is 0 Å². The lowest BCUT2D eigenvalue weighted by atomic mass is 10.3. The molecule has 0 atom stereocenters. The molecule has 0 saturated heterocycles. The first-order chi connectivity index (χ1) is 13.0. The molecule has 0 saturated carbocycles. The van der Waals surface area contributed by atoms with Crippen LogP contribution in [0.15, 0.2) is 55.1 Å². The zero-order chi connectivity index (χ0) is 19.0. The number of benzene rings is 2. The van der Waals surface area contributed by atoms with Crippen molar-refractivity contribution in [1.29, 1.82) is 0 Å². The van der Waals surface area contributed by atoms with E-state index in [9.17, 15) is 10.1 Å². The van der Waals surface area contributed by atoms with Crippen LogP contribution in [0, 0.1) is 10.1 Å². The van der Waals surface area contributed by atoms with Crippen LogP contribution in [0.3, 0.4) is 0 Å². The molecule has 4 rings (SSSR count). The Labute approximate surface area is 162 Å². The molecule has 0 aliphatic heterocycles. The third-order valence-corrected chi connectivity index (χ3v) is 4.41. The molecule has 0 amide bonds. The van der Waals surface area contributed by atoms with Crippen molar-refractivity contribution in [3.8, 4) is 5.82 Å². The predicted octanol–water partition coefficient (Wildman–Crippen LogP) is 4.77. The fourth-order valence-corrected chi connectivity index (χ4v) is 2.99. The standard InChI is InChI=1S/C17H10Cl2N6O2/c18-10-5-6-11(19)13(7-10)23-16-15(25(26)27)17(21-8-20-16)24-9-22-12-3-1-2-4-14(12)24/h1-9H,(H,20,21,23). The molecule has 2 aromatic carbocycles. The normalized spacial score (nSPS) is 10.9. The Morgan fingerprint density at radius 3 is 2.70 bits per heavy atom. The van der Waals surface area contributed by atoms with E-state index in [0.717, 1.165) is 0 Å². The number of imidazole rings is 1. The second-order valence-corrected chi connectivity index (χ2v) is 6.35. The molecule has 0 aliphatic rings. The van der Waals surface area contributed by atoms with E-state index >= 15 is 0 Å². The van der Waals surface area contributed by atoms with Crippen LogP contribution in [-0.2, 0) is 0 Å². The number of aromatic nitrogens is 4. The van der Waals surface area contributed by atoms with E-state index in [2.05, 4.69) is 20.3 Å². The number of nitrogens with one attached hydrogen (secondary N) is 1.